The molecule has 0 spiro atoms. The SMILES string of the molecule is O=C(Nc1ccc2oc3ccccc3c2c1)c1ccc(=O)[nH]c1. The van der Waals surface area contributed by atoms with Crippen molar-refractivity contribution in [3.05, 3.63) is 76.7 Å². The van der Waals surface area contributed by atoms with Crippen molar-refractivity contribution in [2.24, 2.45) is 0 Å². The summed E-state index contributed by atoms with van der Waals surface area (Å²) < 4.78 is 5.76. The zero-order chi connectivity index (χ0) is 15.8. The lowest BCUT2D eigenvalue weighted by molar-refractivity contribution is 0.102. The molecule has 2 N–H and O–H groups in total. The number of anilines is 1. The Morgan fingerprint density at radius 3 is 2.61 bits per heavy atom. The molecule has 0 aliphatic carbocycles. The molecule has 1 amide bonds. The molecule has 0 fully saturated rings. The number of carbonyl (C=O) groups excluding carboxylic acids is 1. The Balaban J connectivity index is 1.71. The summed E-state index contributed by atoms with van der Waals surface area (Å²) >= 11 is 0. The number of nitrogens with one attached hydrogen (secondary N) is 2. The van der Waals surface area contributed by atoms with Crippen LogP contribution in [0.4, 0.5) is 5.69 Å². The Kier molecular flexibility index (Phi) is 2.98. The highest BCUT2D eigenvalue weighted by molar-refractivity contribution is 6.09. The lowest BCUT2D eigenvalue weighted by atomic mass is 10.1. The van der Waals surface area contributed by atoms with Gasteiger partial charge < -0.3 is 14.7 Å². The van der Waals surface area contributed by atoms with E-state index in [1.807, 2.05) is 36.4 Å². The third-order valence-electron chi connectivity index (χ3n) is 3.68. The normalized spacial score (nSPS) is 11.0. The number of hydrogen-bond acceptors (Lipinski definition) is 3. The van der Waals surface area contributed by atoms with Gasteiger partial charge in [0.25, 0.3) is 5.91 Å². The molecule has 2 aromatic carbocycles. The van der Waals surface area contributed by atoms with Crippen molar-refractivity contribution < 1.29 is 9.21 Å². The van der Waals surface area contributed by atoms with Gasteiger partial charge in [0, 0.05) is 28.7 Å². The molecule has 0 saturated heterocycles. The first-order chi connectivity index (χ1) is 11.2. The van der Waals surface area contributed by atoms with Crippen LogP contribution in [-0.4, -0.2) is 10.9 Å². The smallest absolute Gasteiger partial charge is 0.257 e. The molecule has 4 aromatic rings. The van der Waals surface area contributed by atoms with Gasteiger partial charge in [-0.05, 0) is 30.3 Å². The third-order valence-corrected chi connectivity index (χ3v) is 3.68. The molecule has 112 valence electrons. The summed E-state index contributed by atoms with van der Waals surface area (Å²) in [6, 6.07) is 16.1. The van der Waals surface area contributed by atoms with Crippen molar-refractivity contribution in [2.45, 2.75) is 0 Å². The van der Waals surface area contributed by atoms with E-state index in [0.717, 1.165) is 21.9 Å². The Labute approximate surface area is 130 Å². The molecule has 5 heteroatoms. The van der Waals surface area contributed by atoms with Crippen LogP contribution in [0.2, 0.25) is 0 Å². The van der Waals surface area contributed by atoms with Gasteiger partial charge in [0.1, 0.15) is 11.2 Å². The van der Waals surface area contributed by atoms with E-state index in [4.69, 9.17) is 4.42 Å². The van der Waals surface area contributed by atoms with E-state index in [2.05, 4.69) is 10.3 Å². The highest BCUT2D eigenvalue weighted by Gasteiger charge is 2.10. The van der Waals surface area contributed by atoms with Crippen LogP contribution in [0.15, 0.2) is 70.0 Å². The number of pyridine rings is 1. The summed E-state index contributed by atoms with van der Waals surface area (Å²) in [5.41, 5.74) is 2.40. The highest BCUT2D eigenvalue weighted by atomic mass is 16.3. The Morgan fingerprint density at radius 1 is 0.957 bits per heavy atom. The molecule has 0 saturated carbocycles. The van der Waals surface area contributed by atoms with E-state index in [9.17, 15) is 9.59 Å². The maximum atomic E-state index is 12.2. The number of para-hydroxylation sites is 1. The highest BCUT2D eigenvalue weighted by Crippen LogP contribution is 2.30. The van der Waals surface area contributed by atoms with E-state index in [1.54, 1.807) is 6.07 Å². The van der Waals surface area contributed by atoms with Crippen molar-refractivity contribution in [2.75, 3.05) is 5.32 Å². The molecule has 2 heterocycles. The average Bonchev–Trinajstić information content (AvgIpc) is 2.93. The molecule has 5 nitrogen and oxygen atoms in total. The number of hydrogen-bond donors (Lipinski definition) is 2. The molecular weight excluding hydrogens is 292 g/mol. The number of rotatable bonds is 2. The summed E-state index contributed by atoms with van der Waals surface area (Å²) in [5.74, 6) is -0.284. The zero-order valence-corrected chi connectivity index (χ0v) is 12.0. The van der Waals surface area contributed by atoms with Gasteiger partial charge in [0.15, 0.2) is 0 Å². The molecule has 23 heavy (non-hydrogen) atoms. The molecule has 0 unspecified atom stereocenters. The number of carbonyl (C=O) groups is 1. The van der Waals surface area contributed by atoms with Crippen molar-refractivity contribution in [1.82, 2.24) is 4.98 Å². The van der Waals surface area contributed by atoms with Gasteiger partial charge in [-0.3, -0.25) is 9.59 Å². The van der Waals surface area contributed by atoms with Crippen LogP contribution in [0, 0.1) is 0 Å². The van der Waals surface area contributed by atoms with Crippen LogP contribution in [0.5, 0.6) is 0 Å². The lowest BCUT2D eigenvalue weighted by Gasteiger charge is -2.05. The molecule has 4 rings (SSSR count). The second-order valence-electron chi connectivity index (χ2n) is 5.20. The van der Waals surface area contributed by atoms with E-state index in [0.29, 0.717) is 11.3 Å². The molecule has 0 aliphatic rings. The first-order valence-corrected chi connectivity index (χ1v) is 7.12. The van der Waals surface area contributed by atoms with E-state index >= 15 is 0 Å². The third kappa shape index (κ3) is 2.38. The number of fused-ring (bicyclic) bond motifs is 3. The predicted molar refractivity (Wildman–Crippen MR) is 88.7 cm³/mol. The summed E-state index contributed by atoms with van der Waals surface area (Å²) in [4.78, 5) is 25.7. The predicted octanol–water partition coefficient (Wildman–Crippen LogP) is 3.53. The van der Waals surface area contributed by atoms with Crippen LogP contribution < -0.4 is 10.9 Å². The Bertz CT molecular complexity index is 1070. The second kappa shape index (κ2) is 5.14. The summed E-state index contributed by atoms with van der Waals surface area (Å²) in [5, 5.41) is 4.77. The van der Waals surface area contributed by atoms with Crippen molar-refractivity contribution in [3.63, 3.8) is 0 Å². The number of amides is 1. The second-order valence-corrected chi connectivity index (χ2v) is 5.20. The van der Waals surface area contributed by atoms with Gasteiger partial charge in [-0.25, -0.2) is 0 Å². The van der Waals surface area contributed by atoms with Gasteiger partial charge in [-0.1, -0.05) is 18.2 Å². The van der Waals surface area contributed by atoms with E-state index in [-0.39, 0.29) is 11.5 Å². The monoisotopic (exact) mass is 304 g/mol. The molecule has 0 bridgehead atoms. The van der Waals surface area contributed by atoms with Crippen LogP contribution in [-0.2, 0) is 0 Å². The standard InChI is InChI=1S/C18H12N2O3/c21-17-8-5-11(10-19-17)18(22)20-12-6-7-16-14(9-12)13-3-1-2-4-15(13)23-16/h1-10H,(H,19,21)(H,20,22). The number of benzene rings is 2. The van der Waals surface area contributed by atoms with Crippen molar-refractivity contribution in [3.8, 4) is 0 Å². The fourth-order valence-electron chi connectivity index (χ4n) is 2.56. The Hall–Kier alpha value is -3.34. The zero-order valence-electron chi connectivity index (χ0n) is 12.0. The Morgan fingerprint density at radius 2 is 1.78 bits per heavy atom. The van der Waals surface area contributed by atoms with Gasteiger partial charge in [-0.15, -0.1) is 0 Å². The van der Waals surface area contributed by atoms with Gasteiger partial charge in [0.2, 0.25) is 5.56 Å². The minimum absolute atomic E-state index is 0.243. The minimum atomic E-state index is -0.284. The minimum Gasteiger partial charge on any atom is -0.456 e. The number of furan rings is 1. The molecule has 0 radical (unpaired) electrons. The van der Waals surface area contributed by atoms with Crippen LogP contribution in [0.3, 0.4) is 0 Å². The van der Waals surface area contributed by atoms with Crippen LogP contribution in [0.1, 0.15) is 10.4 Å². The fraction of sp³-hybridized carbons (Fsp3) is 0. The molecule has 2 aromatic heterocycles. The van der Waals surface area contributed by atoms with Crippen LogP contribution in [0.25, 0.3) is 21.9 Å². The first kappa shape index (κ1) is 13.3. The molecular formula is C18H12N2O3. The van der Waals surface area contributed by atoms with E-state index < -0.39 is 0 Å². The number of aromatic nitrogens is 1. The number of aromatic amines is 1. The lowest BCUT2D eigenvalue weighted by Crippen LogP contribution is -2.14. The summed E-state index contributed by atoms with van der Waals surface area (Å²) in [6.45, 7) is 0. The molecule has 0 aliphatic heterocycles. The average molecular weight is 304 g/mol. The van der Waals surface area contributed by atoms with Gasteiger partial charge in [0.05, 0.1) is 5.56 Å². The summed E-state index contributed by atoms with van der Waals surface area (Å²) in [6.07, 6.45) is 1.39. The van der Waals surface area contributed by atoms with Crippen molar-refractivity contribution >= 4 is 33.5 Å². The van der Waals surface area contributed by atoms with Gasteiger partial charge in [-0.2, -0.15) is 0 Å². The van der Waals surface area contributed by atoms with Crippen LogP contribution >= 0.6 is 0 Å². The first-order valence-electron chi connectivity index (χ1n) is 7.12. The topological polar surface area (TPSA) is 75.1 Å². The fourth-order valence-corrected chi connectivity index (χ4v) is 2.56. The number of H-pyrrole nitrogens is 1. The molecule has 0 atom stereocenters. The summed E-state index contributed by atoms with van der Waals surface area (Å²) in [7, 11) is 0. The maximum absolute atomic E-state index is 12.2. The largest absolute Gasteiger partial charge is 0.456 e. The maximum Gasteiger partial charge on any atom is 0.257 e. The quantitative estimate of drug-likeness (QED) is 0.595. The van der Waals surface area contributed by atoms with E-state index in [1.165, 1.54) is 18.3 Å². The van der Waals surface area contributed by atoms with Crippen molar-refractivity contribution in [1.29, 1.82) is 0 Å². The van der Waals surface area contributed by atoms with Gasteiger partial charge >= 0.3 is 0 Å².